The fourth-order valence-electron chi connectivity index (χ4n) is 1.72. The molecule has 0 saturated carbocycles. The summed E-state index contributed by atoms with van der Waals surface area (Å²) in [5.41, 5.74) is 1.61. The van der Waals surface area contributed by atoms with Crippen molar-refractivity contribution in [1.29, 1.82) is 0 Å². The van der Waals surface area contributed by atoms with Crippen molar-refractivity contribution >= 4 is 11.6 Å². The predicted octanol–water partition coefficient (Wildman–Crippen LogP) is 4.33. The zero-order valence-corrected chi connectivity index (χ0v) is 13.6. The van der Waals surface area contributed by atoms with E-state index in [4.69, 9.17) is 0 Å². The minimum absolute atomic E-state index is 0.214. The first-order valence-electron chi connectivity index (χ1n) is 7.37. The molecule has 1 aromatic heterocycles. The molecule has 22 heavy (non-hydrogen) atoms. The van der Waals surface area contributed by atoms with Crippen molar-refractivity contribution in [2.75, 3.05) is 5.32 Å². The summed E-state index contributed by atoms with van der Waals surface area (Å²) in [6, 6.07) is 4.21. The first-order chi connectivity index (χ1) is 10.5. The Morgan fingerprint density at radius 3 is 2.27 bits per heavy atom. The summed E-state index contributed by atoms with van der Waals surface area (Å²) in [5, 5.41) is 2.72. The molecule has 5 heteroatoms. The summed E-state index contributed by atoms with van der Waals surface area (Å²) in [6.07, 6.45) is 2.99. The van der Waals surface area contributed by atoms with E-state index in [1.807, 2.05) is 27.7 Å². The van der Waals surface area contributed by atoms with Crippen LogP contribution in [0.4, 0.5) is 10.1 Å². The zero-order valence-electron chi connectivity index (χ0n) is 13.6. The molecule has 0 aliphatic carbocycles. The molecule has 2 rings (SSSR count). The van der Waals surface area contributed by atoms with Gasteiger partial charge in [0, 0.05) is 24.0 Å². The molecule has 0 unspecified atom stereocenters. The van der Waals surface area contributed by atoms with Gasteiger partial charge in [-0.05, 0) is 30.7 Å². The maximum atomic E-state index is 13.0. The predicted molar refractivity (Wildman–Crippen MR) is 86.6 cm³/mol. The van der Waals surface area contributed by atoms with Crippen LogP contribution in [0.2, 0.25) is 0 Å². The number of nitrogens with zero attached hydrogens (tertiary/aromatic N) is 2. The second kappa shape index (κ2) is 8.22. The molecule has 0 atom stereocenters. The third kappa shape index (κ3) is 4.62. The monoisotopic (exact) mass is 303 g/mol. The van der Waals surface area contributed by atoms with Gasteiger partial charge < -0.3 is 5.32 Å². The van der Waals surface area contributed by atoms with Gasteiger partial charge in [-0.15, -0.1) is 0 Å². The van der Waals surface area contributed by atoms with Crippen LogP contribution in [0.3, 0.4) is 0 Å². The van der Waals surface area contributed by atoms with Crippen molar-refractivity contribution in [3.05, 3.63) is 53.4 Å². The van der Waals surface area contributed by atoms with Crippen LogP contribution in [-0.2, 0) is 0 Å². The lowest BCUT2D eigenvalue weighted by molar-refractivity contribution is 0.102. The van der Waals surface area contributed by atoms with Gasteiger partial charge in [-0.1, -0.05) is 27.7 Å². The molecule has 0 radical (unpaired) electrons. The quantitative estimate of drug-likeness (QED) is 0.918. The van der Waals surface area contributed by atoms with E-state index in [1.165, 1.54) is 30.6 Å². The van der Waals surface area contributed by atoms with E-state index >= 15 is 0 Å². The normalized spacial score (nSPS) is 9.95. The van der Waals surface area contributed by atoms with E-state index in [2.05, 4.69) is 15.3 Å². The topological polar surface area (TPSA) is 54.9 Å². The van der Waals surface area contributed by atoms with Crippen LogP contribution in [0.15, 0.2) is 30.6 Å². The number of benzene rings is 1. The molecule has 1 N–H and O–H groups in total. The maximum Gasteiger partial charge on any atom is 0.258 e. The second-order valence-electron chi connectivity index (χ2n) is 4.90. The van der Waals surface area contributed by atoms with Crippen LogP contribution in [-0.4, -0.2) is 15.9 Å². The number of rotatable bonds is 3. The van der Waals surface area contributed by atoms with Gasteiger partial charge in [-0.3, -0.25) is 4.79 Å². The molecule has 4 nitrogen and oxygen atoms in total. The summed E-state index contributed by atoms with van der Waals surface area (Å²) in [5.74, 6) is 0.270. The van der Waals surface area contributed by atoms with Crippen molar-refractivity contribution < 1.29 is 9.18 Å². The maximum absolute atomic E-state index is 13.0. The third-order valence-electron chi connectivity index (χ3n) is 2.89. The van der Waals surface area contributed by atoms with Gasteiger partial charge in [0.1, 0.15) is 11.6 Å². The zero-order chi connectivity index (χ0) is 16.7. The lowest BCUT2D eigenvalue weighted by Gasteiger charge is -2.09. The molecule has 0 bridgehead atoms. The number of anilines is 1. The van der Waals surface area contributed by atoms with Crippen LogP contribution in [0.1, 0.15) is 55.4 Å². The molecular formula is C17H22FN3O. The SMILES string of the molecule is CC.Cc1cc(F)ccc1NC(=O)c1cnc(C(C)C)nc1. The van der Waals surface area contributed by atoms with Gasteiger partial charge in [0.05, 0.1) is 5.56 Å². The van der Waals surface area contributed by atoms with E-state index in [0.29, 0.717) is 22.6 Å². The number of hydrogen-bond acceptors (Lipinski definition) is 3. The van der Waals surface area contributed by atoms with Crippen molar-refractivity contribution in [2.24, 2.45) is 0 Å². The molecule has 0 aliphatic heterocycles. The van der Waals surface area contributed by atoms with Gasteiger partial charge >= 0.3 is 0 Å². The Kier molecular flexibility index (Phi) is 6.63. The first kappa shape index (κ1) is 17.8. The summed E-state index contributed by atoms with van der Waals surface area (Å²) in [7, 11) is 0. The smallest absolute Gasteiger partial charge is 0.258 e. The lowest BCUT2D eigenvalue weighted by Crippen LogP contribution is -2.14. The Balaban J connectivity index is 0.00000116. The molecule has 1 aromatic carbocycles. The van der Waals surface area contributed by atoms with Crippen molar-refractivity contribution in [2.45, 2.75) is 40.5 Å². The van der Waals surface area contributed by atoms with E-state index in [-0.39, 0.29) is 17.6 Å². The fourth-order valence-corrected chi connectivity index (χ4v) is 1.72. The Morgan fingerprint density at radius 2 is 1.77 bits per heavy atom. The molecule has 1 amide bonds. The van der Waals surface area contributed by atoms with Crippen molar-refractivity contribution in [3.63, 3.8) is 0 Å². The first-order valence-corrected chi connectivity index (χ1v) is 7.37. The summed E-state index contributed by atoms with van der Waals surface area (Å²) in [6.45, 7) is 9.70. The Hall–Kier alpha value is -2.30. The number of hydrogen-bond donors (Lipinski definition) is 1. The van der Waals surface area contributed by atoms with Crippen molar-refractivity contribution in [3.8, 4) is 0 Å². The average Bonchev–Trinajstić information content (AvgIpc) is 2.52. The van der Waals surface area contributed by atoms with Gasteiger partial charge in [0.2, 0.25) is 0 Å². The Morgan fingerprint density at radius 1 is 1.18 bits per heavy atom. The van der Waals surface area contributed by atoms with Crippen LogP contribution < -0.4 is 5.32 Å². The summed E-state index contributed by atoms with van der Waals surface area (Å²) in [4.78, 5) is 20.3. The van der Waals surface area contributed by atoms with E-state index in [1.54, 1.807) is 6.92 Å². The van der Waals surface area contributed by atoms with E-state index in [0.717, 1.165) is 0 Å². The van der Waals surface area contributed by atoms with E-state index < -0.39 is 0 Å². The second-order valence-corrected chi connectivity index (χ2v) is 4.90. The number of amides is 1. The highest BCUT2D eigenvalue weighted by atomic mass is 19.1. The third-order valence-corrected chi connectivity index (χ3v) is 2.89. The largest absolute Gasteiger partial charge is 0.322 e. The van der Waals surface area contributed by atoms with Gasteiger partial charge in [0.15, 0.2) is 0 Å². The van der Waals surface area contributed by atoms with Gasteiger partial charge in [-0.2, -0.15) is 0 Å². The highest BCUT2D eigenvalue weighted by Crippen LogP contribution is 2.16. The minimum atomic E-state index is -0.329. The average molecular weight is 303 g/mol. The molecular weight excluding hydrogens is 281 g/mol. The van der Waals surface area contributed by atoms with Crippen LogP contribution in [0.5, 0.6) is 0 Å². The van der Waals surface area contributed by atoms with Crippen LogP contribution >= 0.6 is 0 Å². The Bertz CT molecular complexity index is 624. The molecule has 2 aromatic rings. The summed E-state index contributed by atoms with van der Waals surface area (Å²) < 4.78 is 13.0. The minimum Gasteiger partial charge on any atom is -0.322 e. The number of carbonyl (C=O) groups excluding carboxylic acids is 1. The summed E-state index contributed by atoms with van der Waals surface area (Å²) >= 11 is 0. The number of nitrogens with one attached hydrogen (secondary N) is 1. The Labute approximate surface area is 130 Å². The molecule has 0 fully saturated rings. The fraction of sp³-hybridized carbons (Fsp3) is 0.353. The number of halogens is 1. The molecule has 1 heterocycles. The van der Waals surface area contributed by atoms with Crippen molar-refractivity contribution in [1.82, 2.24) is 9.97 Å². The van der Waals surface area contributed by atoms with Gasteiger partial charge in [-0.25, -0.2) is 14.4 Å². The molecule has 118 valence electrons. The number of aromatic nitrogens is 2. The highest BCUT2D eigenvalue weighted by Gasteiger charge is 2.10. The molecule has 0 saturated heterocycles. The molecule has 0 aliphatic rings. The van der Waals surface area contributed by atoms with Crippen LogP contribution in [0.25, 0.3) is 0 Å². The number of aryl methyl sites for hydroxylation is 1. The van der Waals surface area contributed by atoms with E-state index in [9.17, 15) is 9.18 Å². The van der Waals surface area contributed by atoms with Gasteiger partial charge in [0.25, 0.3) is 5.91 Å². The molecule has 0 spiro atoms. The number of carbonyl (C=O) groups is 1. The van der Waals surface area contributed by atoms with Crippen LogP contribution in [0, 0.1) is 12.7 Å². The highest BCUT2D eigenvalue weighted by molar-refractivity contribution is 6.04. The standard InChI is InChI=1S/C15H16FN3O.C2H6/c1-9(2)14-17-7-11(8-18-14)15(20)19-13-5-4-12(16)6-10(13)3;1-2/h4-9H,1-3H3,(H,19,20);1-2H3. The lowest BCUT2D eigenvalue weighted by atomic mass is 10.2.